The van der Waals surface area contributed by atoms with Gasteiger partial charge in [0.05, 0.1) is 25.6 Å². The van der Waals surface area contributed by atoms with Crippen molar-refractivity contribution < 1.29 is 9.53 Å². The van der Waals surface area contributed by atoms with Crippen molar-refractivity contribution in [1.82, 2.24) is 10.2 Å². The molecule has 1 saturated heterocycles. The van der Waals surface area contributed by atoms with Crippen molar-refractivity contribution in [3.8, 4) is 6.07 Å². The van der Waals surface area contributed by atoms with Crippen LogP contribution in [0.2, 0.25) is 0 Å². The van der Waals surface area contributed by atoms with E-state index in [1.165, 1.54) is 32.8 Å². The van der Waals surface area contributed by atoms with Crippen molar-refractivity contribution in [3.63, 3.8) is 0 Å². The van der Waals surface area contributed by atoms with Crippen LogP contribution in [0.3, 0.4) is 0 Å². The van der Waals surface area contributed by atoms with E-state index >= 15 is 0 Å². The highest BCUT2D eigenvalue weighted by molar-refractivity contribution is 5.72. The third-order valence-corrected chi connectivity index (χ3v) is 4.18. The molecule has 1 N–H and O–H groups in total. The number of rotatable bonds is 4. The number of piperidine rings is 1. The first-order valence-corrected chi connectivity index (χ1v) is 7.16. The van der Waals surface area contributed by atoms with Gasteiger partial charge in [0.25, 0.3) is 0 Å². The zero-order chi connectivity index (χ0) is 13.7. The highest BCUT2D eigenvalue weighted by Crippen LogP contribution is 2.22. The molecule has 1 heterocycles. The normalized spacial score (nSPS) is 29.1. The smallest absolute Gasteiger partial charge is 0.310 e. The number of nitriles is 1. The fourth-order valence-electron chi connectivity index (χ4n) is 3.30. The molecule has 2 atom stereocenters. The minimum Gasteiger partial charge on any atom is -0.469 e. The highest BCUT2D eigenvalue weighted by Gasteiger charge is 2.33. The summed E-state index contributed by atoms with van der Waals surface area (Å²) in [6.07, 6.45) is 5.89. The maximum Gasteiger partial charge on any atom is 0.310 e. The van der Waals surface area contributed by atoms with Gasteiger partial charge in [0.2, 0.25) is 0 Å². The van der Waals surface area contributed by atoms with Gasteiger partial charge in [0.15, 0.2) is 0 Å². The average molecular weight is 265 g/mol. The predicted molar refractivity (Wildman–Crippen MR) is 71.4 cm³/mol. The second-order valence-electron chi connectivity index (χ2n) is 5.65. The van der Waals surface area contributed by atoms with Gasteiger partial charge >= 0.3 is 5.97 Å². The molecule has 0 radical (unpaired) electrons. The molecular weight excluding hydrogens is 242 g/mol. The van der Waals surface area contributed by atoms with E-state index < -0.39 is 0 Å². The molecule has 0 bridgehead atoms. The van der Waals surface area contributed by atoms with E-state index in [0.717, 1.165) is 13.0 Å². The minimum absolute atomic E-state index is 0.106. The van der Waals surface area contributed by atoms with E-state index in [1.807, 2.05) is 0 Å². The molecule has 0 aromatic carbocycles. The van der Waals surface area contributed by atoms with Crippen LogP contribution in [-0.4, -0.2) is 49.7 Å². The molecule has 2 aliphatic rings. The molecule has 106 valence electrons. The molecule has 1 aliphatic carbocycles. The molecule has 0 amide bonds. The Morgan fingerprint density at radius 2 is 2.11 bits per heavy atom. The Bertz CT molecular complexity index is 347. The fourth-order valence-corrected chi connectivity index (χ4v) is 3.30. The zero-order valence-electron chi connectivity index (χ0n) is 11.6. The first-order valence-electron chi connectivity index (χ1n) is 7.16. The summed E-state index contributed by atoms with van der Waals surface area (Å²) in [7, 11) is 1.44. The molecule has 19 heavy (non-hydrogen) atoms. The Morgan fingerprint density at radius 3 is 2.74 bits per heavy atom. The number of hydrogen-bond donors (Lipinski definition) is 1. The second kappa shape index (κ2) is 6.88. The maximum atomic E-state index is 11.7. The van der Waals surface area contributed by atoms with Gasteiger partial charge in [-0.1, -0.05) is 12.8 Å². The van der Waals surface area contributed by atoms with Crippen LogP contribution >= 0.6 is 0 Å². The molecular formula is C14H23N3O2. The van der Waals surface area contributed by atoms with Gasteiger partial charge in [-0.25, -0.2) is 0 Å². The Kier molecular flexibility index (Phi) is 5.17. The van der Waals surface area contributed by atoms with Crippen LogP contribution in [0.4, 0.5) is 0 Å². The van der Waals surface area contributed by atoms with Crippen LogP contribution in [-0.2, 0) is 9.53 Å². The topological polar surface area (TPSA) is 65.4 Å². The average Bonchev–Trinajstić information content (AvgIpc) is 2.90. The summed E-state index contributed by atoms with van der Waals surface area (Å²) in [5, 5.41) is 12.5. The molecule has 1 aliphatic heterocycles. The van der Waals surface area contributed by atoms with Crippen LogP contribution in [0, 0.1) is 17.2 Å². The van der Waals surface area contributed by atoms with Crippen LogP contribution in [0.25, 0.3) is 0 Å². The zero-order valence-corrected chi connectivity index (χ0v) is 11.6. The van der Waals surface area contributed by atoms with Gasteiger partial charge in [0.1, 0.15) is 0 Å². The molecule has 5 nitrogen and oxygen atoms in total. The number of esters is 1. The molecule has 5 heteroatoms. The van der Waals surface area contributed by atoms with Crippen molar-refractivity contribution in [2.24, 2.45) is 5.92 Å². The fraction of sp³-hybridized carbons (Fsp3) is 0.857. The third-order valence-electron chi connectivity index (χ3n) is 4.18. The summed E-state index contributed by atoms with van der Waals surface area (Å²) >= 11 is 0. The monoisotopic (exact) mass is 265 g/mol. The van der Waals surface area contributed by atoms with E-state index in [2.05, 4.69) is 16.3 Å². The number of hydrogen-bond acceptors (Lipinski definition) is 5. The number of nitrogens with zero attached hydrogens (tertiary/aromatic N) is 2. The third kappa shape index (κ3) is 3.92. The number of ether oxygens (including phenoxy) is 1. The summed E-state index contributed by atoms with van der Waals surface area (Å²) in [5.41, 5.74) is 0. The molecule has 0 spiro atoms. The first-order chi connectivity index (χ1) is 9.22. The van der Waals surface area contributed by atoms with Crippen LogP contribution in [0.5, 0.6) is 0 Å². The van der Waals surface area contributed by atoms with Crippen molar-refractivity contribution in [3.05, 3.63) is 0 Å². The van der Waals surface area contributed by atoms with Crippen molar-refractivity contribution >= 4 is 5.97 Å². The number of likely N-dealkylation sites (tertiary alicyclic amines) is 1. The lowest BCUT2D eigenvalue weighted by molar-refractivity contribution is -0.147. The van der Waals surface area contributed by atoms with Crippen LogP contribution in [0.15, 0.2) is 0 Å². The molecule has 1 saturated carbocycles. The van der Waals surface area contributed by atoms with Gasteiger partial charge < -0.3 is 10.1 Å². The van der Waals surface area contributed by atoms with E-state index in [-0.39, 0.29) is 11.9 Å². The van der Waals surface area contributed by atoms with E-state index in [1.54, 1.807) is 0 Å². The minimum atomic E-state index is -0.152. The lowest BCUT2D eigenvalue weighted by Gasteiger charge is -2.37. The van der Waals surface area contributed by atoms with Gasteiger partial charge in [-0.2, -0.15) is 5.26 Å². The molecule has 2 rings (SSSR count). The predicted octanol–water partition coefficient (Wildman–Crippen LogP) is 0.906. The lowest BCUT2D eigenvalue weighted by Crippen LogP contribution is -2.53. The van der Waals surface area contributed by atoms with Gasteiger partial charge in [0, 0.05) is 25.2 Å². The number of carbonyl (C=O) groups excluding carboxylic acids is 1. The van der Waals surface area contributed by atoms with Gasteiger partial charge in [-0.3, -0.25) is 9.69 Å². The van der Waals surface area contributed by atoms with E-state index in [0.29, 0.717) is 25.2 Å². The number of carbonyl (C=O) groups is 1. The maximum absolute atomic E-state index is 11.7. The van der Waals surface area contributed by atoms with Gasteiger partial charge in [-0.05, 0) is 19.3 Å². The standard InChI is InChI=1S/C14H23N3O2/c1-19-14(18)11-8-13(10-17(9-11)7-6-15)16-12-4-2-3-5-12/h11-13,16H,2-5,7-10H2,1H3. The number of methoxy groups -OCH3 is 1. The molecule has 2 fully saturated rings. The summed E-state index contributed by atoms with van der Waals surface area (Å²) in [4.78, 5) is 13.8. The van der Waals surface area contributed by atoms with Crippen molar-refractivity contribution in [2.75, 3.05) is 26.7 Å². The second-order valence-corrected chi connectivity index (χ2v) is 5.65. The molecule has 0 aromatic heterocycles. The Morgan fingerprint density at radius 1 is 1.37 bits per heavy atom. The summed E-state index contributed by atoms with van der Waals surface area (Å²) in [6.45, 7) is 1.89. The summed E-state index contributed by atoms with van der Waals surface area (Å²) < 4.78 is 4.86. The summed E-state index contributed by atoms with van der Waals surface area (Å²) in [5.74, 6) is -0.258. The Labute approximate surface area is 114 Å². The Hall–Kier alpha value is -1.12. The molecule has 0 aromatic rings. The van der Waals surface area contributed by atoms with Gasteiger partial charge in [-0.15, -0.1) is 0 Å². The highest BCUT2D eigenvalue weighted by atomic mass is 16.5. The lowest BCUT2D eigenvalue weighted by atomic mass is 9.93. The van der Waals surface area contributed by atoms with Crippen molar-refractivity contribution in [2.45, 2.75) is 44.2 Å². The van der Waals surface area contributed by atoms with E-state index in [4.69, 9.17) is 10.00 Å². The molecule has 2 unspecified atom stereocenters. The SMILES string of the molecule is COC(=O)C1CC(NC2CCCC2)CN(CC#N)C1. The quantitative estimate of drug-likeness (QED) is 0.604. The van der Waals surface area contributed by atoms with E-state index in [9.17, 15) is 4.79 Å². The summed E-state index contributed by atoms with van der Waals surface area (Å²) in [6, 6.07) is 3.06. The largest absolute Gasteiger partial charge is 0.469 e. The van der Waals surface area contributed by atoms with Crippen molar-refractivity contribution in [1.29, 1.82) is 5.26 Å². The van der Waals surface area contributed by atoms with Crippen LogP contribution < -0.4 is 5.32 Å². The van der Waals surface area contributed by atoms with Crippen LogP contribution in [0.1, 0.15) is 32.1 Å². The number of nitrogens with one attached hydrogen (secondary N) is 1. The Balaban J connectivity index is 1.93. The first kappa shape index (κ1) is 14.3.